The van der Waals surface area contributed by atoms with Crippen LogP contribution in [0, 0.1) is 13.8 Å². The van der Waals surface area contributed by atoms with Crippen LogP contribution < -0.4 is 5.73 Å². The molecule has 3 aromatic rings. The summed E-state index contributed by atoms with van der Waals surface area (Å²) in [5.41, 5.74) is 10.9. The highest BCUT2D eigenvalue weighted by Crippen LogP contribution is 2.27. The number of aryl methyl sites for hydroxylation is 2. The summed E-state index contributed by atoms with van der Waals surface area (Å²) in [4.78, 5) is 0. The molecule has 2 nitrogen and oxygen atoms in total. The van der Waals surface area contributed by atoms with Gasteiger partial charge in [-0.1, -0.05) is 54.6 Å². The zero-order chi connectivity index (χ0) is 14.8. The Morgan fingerprint density at radius 1 is 0.857 bits per heavy atom. The van der Waals surface area contributed by atoms with E-state index in [2.05, 4.69) is 36.4 Å². The van der Waals surface area contributed by atoms with Crippen molar-refractivity contribution in [2.24, 2.45) is 5.73 Å². The molecule has 0 amide bonds. The second-order valence-corrected chi connectivity index (χ2v) is 5.33. The predicted molar refractivity (Wildman–Crippen MR) is 86.1 cm³/mol. The first-order chi connectivity index (χ1) is 10.1. The smallest absolute Gasteiger partial charge is 0.106 e. The van der Waals surface area contributed by atoms with Crippen LogP contribution in [0.25, 0.3) is 11.1 Å². The van der Waals surface area contributed by atoms with Crippen molar-refractivity contribution < 1.29 is 4.42 Å². The van der Waals surface area contributed by atoms with Crippen molar-refractivity contribution in [1.29, 1.82) is 0 Å². The molecule has 0 aliphatic heterocycles. The van der Waals surface area contributed by atoms with E-state index in [0.717, 1.165) is 22.6 Å². The van der Waals surface area contributed by atoms with Crippen molar-refractivity contribution >= 4 is 0 Å². The maximum Gasteiger partial charge on any atom is 0.106 e. The molecule has 0 radical (unpaired) electrons. The summed E-state index contributed by atoms with van der Waals surface area (Å²) in [6.07, 6.45) is 0. The number of benzene rings is 2. The average Bonchev–Trinajstić information content (AvgIpc) is 2.86. The van der Waals surface area contributed by atoms with Crippen molar-refractivity contribution in [3.63, 3.8) is 0 Å². The Morgan fingerprint density at radius 3 is 2.05 bits per heavy atom. The molecule has 0 aliphatic rings. The third-order valence-electron chi connectivity index (χ3n) is 3.79. The number of furan rings is 1. The van der Waals surface area contributed by atoms with E-state index in [1.54, 1.807) is 0 Å². The van der Waals surface area contributed by atoms with Gasteiger partial charge < -0.3 is 10.2 Å². The van der Waals surface area contributed by atoms with Crippen LogP contribution in [-0.4, -0.2) is 0 Å². The highest BCUT2D eigenvalue weighted by Gasteiger charge is 2.15. The van der Waals surface area contributed by atoms with E-state index in [9.17, 15) is 0 Å². The fourth-order valence-corrected chi connectivity index (χ4v) is 2.65. The van der Waals surface area contributed by atoms with Crippen LogP contribution in [0.4, 0.5) is 0 Å². The first-order valence-corrected chi connectivity index (χ1v) is 7.13. The molecule has 0 spiro atoms. The van der Waals surface area contributed by atoms with E-state index in [4.69, 9.17) is 10.2 Å². The Bertz CT molecular complexity index is 726. The molecule has 0 saturated carbocycles. The minimum absolute atomic E-state index is 0.146. The Hall–Kier alpha value is -2.32. The summed E-state index contributed by atoms with van der Waals surface area (Å²) in [7, 11) is 0. The van der Waals surface area contributed by atoms with Crippen LogP contribution in [0.3, 0.4) is 0 Å². The Labute approximate surface area is 125 Å². The minimum atomic E-state index is -0.146. The highest BCUT2D eigenvalue weighted by atomic mass is 16.3. The fraction of sp³-hybridized carbons (Fsp3) is 0.158. The Balaban J connectivity index is 1.89. The number of nitrogens with two attached hydrogens (primary N) is 1. The molecule has 0 fully saturated rings. The summed E-state index contributed by atoms with van der Waals surface area (Å²) in [6, 6.07) is 20.6. The van der Waals surface area contributed by atoms with Gasteiger partial charge in [0, 0.05) is 5.56 Å². The molecule has 1 heterocycles. The number of rotatable bonds is 3. The molecule has 21 heavy (non-hydrogen) atoms. The second kappa shape index (κ2) is 5.58. The first kappa shape index (κ1) is 13.7. The third kappa shape index (κ3) is 2.76. The standard InChI is InChI=1S/C19H19NO/c1-13-12-18(14(2)21-13)19(20)17-10-8-16(9-11-17)15-6-4-3-5-7-15/h3-12,19H,20H2,1-2H3. The Kier molecular flexibility index (Phi) is 3.63. The molecule has 1 unspecified atom stereocenters. The van der Waals surface area contributed by atoms with E-state index < -0.39 is 0 Å². The van der Waals surface area contributed by atoms with Gasteiger partial charge in [0.05, 0.1) is 6.04 Å². The van der Waals surface area contributed by atoms with Crippen molar-refractivity contribution in [1.82, 2.24) is 0 Å². The monoisotopic (exact) mass is 277 g/mol. The van der Waals surface area contributed by atoms with Gasteiger partial charge in [-0.3, -0.25) is 0 Å². The molecular weight excluding hydrogens is 258 g/mol. The summed E-state index contributed by atoms with van der Waals surface area (Å²) < 4.78 is 5.57. The van der Waals surface area contributed by atoms with Gasteiger partial charge in [-0.05, 0) is 36.6 Å². The lowest BCUT2D eigenvalue weighted by Crippen LogP contribution is -2.11. The maximum atomic E-state index is 6.36. The van der Waals surface area contributed by atoms with E-state index >= 15 is 0 Å². The molecule has 106 valence electrons. The van der Waals surface area contributed by atoms with Gasteiger partial charge in [0.2, 0.25) is 0 Å². The van der Waals surface area contributed by atoms with E-state index in [-0.39, 0.29) is 6.04 Å². The molecule has 0 saturated heterocycles. The molecule has 0 bridgehead atoms. The van der Waals surface area contributed by atoms with Crippen LogP contribution in [0.15, 0.2) is 65.1 Å². The summed E-state index contributed by atoms with van der Waals surface area (Å²) in [5, 5.41) is 0. The molecule has 1 atom stereocenters. The van der Waals surface area contributed by atoms with Gasteiger partial charge in [-0.2, -0.15) is 0 Å². The molecular formula is C19H19NO. The van der Waals surface area contributed by atoms with Gasteiger partial charge in [-0.25, -0.2) is 0 Å². The van der Waals surface area contributed by atoms with Gasteiger partial charge in [-0.15, -0.1) is 0 Å². The topological polar surface area (TPSA) is 39.2 Å². The van der Waals surface area contributed by atoms with Crippen LogP contribution in [-0.2, 0) is 0 Å². The number of hydrogen-bond acceptors (Lipinski definition) is 2. The van der Waals surface area contributed by atoms with Gasteiger partial charge in [0.15, 0.2) is 0 Å². The zero-order valence-corrected chi connectivity index (χ0v) is 12.3. The molecule has 2 aromatic carbocycles. The van der Waals surface area contributed by atoms with Crippen LogP contribution >= 0.6 is 0 Å². The lowest BCUT2D eigenvalue weighted by molar-refractivity contribution is 0.499. The summed E-state index contributed by atoms with van der Waals surface area (Å²) in [6.45, 7) is 3.91. The molecule has 2 N–H and O–H groups in total. The lowest BCUT2D eigenvalue weighted by atomic mass is 9.97. The lowest BCUT2D eigenvalue weighted by Gasteiger charge is -2.12. The van der Waals surface area contributed by atoms with Crippen molar-refractivity contribution in [3.05, 3.63) is 83.3 Å². The Morgan fingerprint density at radius 2 is 1.48 bits per heavy atom. The van der Waals surface area contributed by atoms with Crippen molar-refractivity contribution in [2.75, 3.05) is 0 Å². The van der Waals surface area contributed by atoms with Gasteiger partial charge in [0.1, 0.15) is 11.5 Å². The number of hydrogen-bond donors (Lipinski definition) is 1. The molecule has 0 aliphatic carbocycles. The SMILES string of the molecule is Cc1cc(C(N)c2ccc(-c3ccccc3)cc2)c(C)o1. The normalized spacial score (nSPS) is 12.3. The second-order valence-electron chi connectivity index (χ2n) is 5.33. The van der Waals surface area contributed by atoms with E-state index in [1.165, 1.54) is 11.1 Å². The molecule has 2 heteroatoms. The largest absolute Gasteiger partial charge is 0.466 e. The third-order valence-corrected chi connectivity index (χ3v) is 3.79. The zero-order valence-electron chi connectivity index (χ0n) is 12.3. The summed E-state index contributed by atoms with van der Waals surface area (Å²) in [5.74, 6) is 1.80. The molecule has 3 rings (SSSR count). The quantitative estimate of drug-likeness (QED) is 0.759. The van der Waals surface area contributed by atoms with Crippen LogP contribution in [0.1, 0.15) is 28.7 Å². The van der Waals surface area contributed by atoms with E-state index in [0.29, 0.717) is 0 Å². The fourth-order valence-electron chi connectivity index (χ4n) is 2.65. The van der Waals surface area contributed by atoms with Crippen LogP contribution in [0.2, 0.25) is 0 Å². The molecule has 1 aromatic heterocycles. The first-order valence-electron chi connectivity index (χ1n) is 7.13. The predicted octanol–water partition coefficient (Wildman–Crippen LogP) is 4.61. The van der Waals surface area contributed by atoms with Crippen molar-refractivity contribution in [2.45, 2.75) is 19.9 Å². The van der Waals surface area contributed by atoms with Gasteiger partial charge in [0.25, 0.3) is 0 Å². The minimum Gasteiger partial charge on any atom is -0.466 e. The maximum absolute atomic E-state index is 6.36. The van der Waals surface area contributed by atoms with Gasteiger partial charge >= 0.3 is 0 Å². The van der Waals surface area contributed by atoms with Crippen LogP contribution in [0.5, 0.6) is 0 Å². The average molecular weight is 277 g/mol. The highest BCUT2D eigenvalue weighted by molar-refractivity contribution is 5.63. The summed E-state index contributed by atoms with van der Waals surface area (Å²) >= 11 is 0. The van der Waals surface area contributed by atoms with E-state index in [1.807, 2.05) is 38.1 Å². The van der Waals surface area contributed by atoms with Crippen molar-refractivity contribution in [3.8, 4) is 11.1 Å².